The van der Waals surface area contributed by atoms with Crippen LogP contribution in [-0.4, -0.2) is 40.4 Å². The van der Waals surface area contributed by atoms with Crippen molar-refractivity contribution in [1.82, 2.24) is 20.2 Å². The second-order valence-electron chi connectivity index (χ2n) is 6.23. The normalized spacial score (nSPS) is 18.2. The Bertz CT molecular complexity index is 676. The molecule has 6 nitrogen and oxygen atoms in total. The number of hydrogen-bond acceptors (Lipinski definition) is 5. The van der Waals surface area contributed by atoms with Gasteiger partial charge in [-0.2, -0.15) is 0 Å². The molecule has 0 aliphatic carbocycles. The molecule has 0 spiro atoms. The number of amides is 1. The lowest BCUT2D eigenvalue weighted by molar-refractivity contribution is 0.0926. The van der Waals surface area contributed by atoms with Crippen LogP contribution in [0.1, 0.15) is 28.9 Å². The van der Waals surface area contributed by atoms with Crippen molar-refractivity contribution >= 4 is 11.7 Å². The standard InChI is InChI=1S/C18H23N5O/c19-17-16(20-8-9-21-17)18(24)22-11-15-7-4-10-23(13-15)12-14-5-2-1-3-6-14/h1-3,5-6,8-9,15H,4,7,10-13H2,(H2,19,21)(H,22,24)/t15-/m0/s1. The number of carbonyl (C=O) groups excluding carboxylic acids is 1. The summed E-state index contributed by atoms with van der Waals surface area (Å²) in [5.41, 5.74) is 7.23. The van der Waals surface area contributed by atoms with Crippen LogP contribution in [-0.2, 0) is 6.54 Å². The Morgan fingerprint density at radius 1 is 1.25 bits per heavy atom. The van der Waals surface area contributed by atoms with E-state index in [9.17, 15) is 4.79 Å². The van der Waals surface area contributed by atoms with Gasteiger partial charge in [0, 0.05) is 32.0 Å². The lowest BCUT2D eigenvalue weighted by atomic mass is 9.97. The molecule has 1 aromatic carbocycles. The SMILES string of the molecule is Nc1nccnc1C(=O)NC[C@@H]1CCCN(Cc2ccccc2)C1. The van der Waals surface area contributed by atoms with Crippen LogP contribution in [0.15, 0.2) is 42.7 Å². The number of aromatic nitrogens is 2. The van der Waals surface area contributed by atoms with Crippen molar-refractivity contribution < 1.29 is 4.79 Å². The van der Waals surface area contributed by atoms with E-state index in [1.807, 2.05) is 6.07 Å². The molecule has 1 aliphatic rings. The molecule has 1 atom stereocenters. The third-order valence-electron chi connectivity index (χ3n) is 4.35. The average Bonchev–Trinajstić information content (AvgIpc) is 2.61. The van der Waals surface area contributed by atoms with E-state index in [1.54, 1.807) is 0 Å². The summed E-state index contributed by atoms with van der Waals surface area (Å²) in [4.78, 5) is 22.5. The Labute approximate surface area is 142 Å². The van der Waals surface area contributed by atoms with E-state index in [0.717, 1.165) is 32.5 Å². The maximum atomic E-state index is 12.2. The highest BCUT2D eigenvalue weighted by Crippen LogP contribution is 2.18. The van der Waals surface area contributed by atoms with Gasteiger partial charge in [0.05, 0.1) is 0 Å². The summed E-state index contributed by atoms with van der Waals surface area (Å²) in [6.45, 7) is 3.70. The van der Waals surface area contributed by atoms with Crippen molar-refractivity contribution in [2.24, 2.45) is 5.92 Å². The van der Waals surface area contributed by atoms with Gasteiger partial charge in [-0.25, -0.2) is 9.97 Å². The largest absolute Gasteiger partial charge is 0.382 e. The molecule has 1 saturated heterocycles. The summed E-state index contributed by atoms with van der Waals surface area (Å²) in [5, 5.41) is 2.95. The number of carbonyl (C=O) groups is 1. The molecule has 2 aromatic rings. The molecule has 1 fully saturated rings. The zero-order valence-electron chi connectivity index (χ0n) is 13.7. The Hall–Kier alpha value is -2.47. The fraction of sp³-hybridized carbons (Fsp3) is 0.389. The van der Waals surface area contributed by atoms with Crippen molar-refractivity contribution in [2.75, 3.05) is 25.4 Å². The molecular weight excluding hydrogens is 302 g/mol. The summed E-state index contributed by atoms with van der Waals surface area (Å²) in [6, 6.07) is 10.5. The van der Waals surface area contributed by atoms with Crippen LogP contribution in [0.25, 0.3) is 0 Å². The first-order valence-electron chi connectivity index (χ1n) is 8.33. The fourth-order valence-electron chi connectivity index (χ4n) is 3.15. The van der Waals surface area contributed by atoms with Gasteiger partial charge in [-0.15, -0.1) is 0 Å². The van der Waals surface area contributed by atoms with Crippen molar-refractivity contribution in [3.63, 3.8) is 0 Å². The number of rotatable bonds is 5. The van der Waals surface area contributed by atoms with Gasteiger partial charge in [0.25, 0.3) is 5.91 Å². The first-order chi connectivity index (χ1) is 11.7. The second-order valence-corrected chi connectivity index (χ2v) is 6.23. The van der Waals surface area contributed by atoms with E-state index >= 15 is 0 Å². The molecule has 3 rings (SSSR count). The van der Waals surface area contributed by atoms with Crippen molar-refractivity contribution in [1.29, 1.82) is 0 Å². The number of piperidine rings is 1. The molecule has 3 N–H and O–H groups in total. The molecule has 1 aliphatic heterocycles. The Balaban J connectivity index is 1.50. The van der Waals surface area contributed by atoms with Gasteiger partial charge in [-0.05, 0) is 30.9 Å². The summed E-state index contributed by atoms with van der Waals surface area (Å²) >= 11 is 0. The molecule has 0 bridgehead atoms. The number of nitrogens with two attached hydrogens (primary N) is 1. The number of benzene rings is 1. The Kier molecular flexibility index (Phi) is 5.38. The number of likely N-dealkylation sites (tertiary alicyclic amines) is 1. The molecule has 1 aromatic heterocycles. The minimum Gasteiger partial charge on any atom is -0.382 e. The fourth-order valence-corrected chi connectivity index (χ4v) is 3.15. The van der Waals surface area contributed by atoms with Crippen LogP contribution in [0.2, 0.25) is 0 Å². The van der Waals surface area contributed by atoms with Gasteiger partial charge in [0.1, 0.15) is 0 Å². The zero-order valence-corrected chi connectivity index (χ0v) is 13.7. The summed E-state index contributed by atoms with van der Waals surface area (Å²) in [5.74, 6) is 0.370. The van der Waals surface area contributed by atoms with Crippen molar-refractivity contribution in [3.05, 3.63) is 54.0 Å². The van der Waals surface area contributed by atoms with E-state index < -0.39 is 0 Å². The van der Waals surface area contributed by atoms with Crippen LogP contribution >= 0.6 is 0 Å². The summed E-state index contributed by atoms with van der Waals surface area (Å²) in [7, 11) is 0. The Morgan fingerprint density at radius 3 is 2.83 bits per heavy atom. The van der Waals surface area contributed by atoms with Crippen LogP contribution in [0, 0.1) is 5.92 Å². The zero-order chi connectivity index (χ0) is 16.8. The molecule has 0 unspecified atom stereocenters. The van der Waals surface area contributed by atoms with Gasteiger partial charge < -0.3 is 11.1 Å². The van der Waals surface area contributed by atoms with Crippen LogP contribution in [0.4, 0.5) is 5.82 Å². The van der Waals surface area contributed by atoms with E-state index in [0.29, 0.717) is 12.5 Å². The number of nitrogens with zero attached hydrogens (tertiary/aromatic N) is 3. The van der Waals surface area contributed by atoms with E-state index in [4.69, 9.17) is 5.73 Å². The quantitative estimate of drug-likeness (QED) is 0.874. The highest BCUT2D eigenvalue weighted by atomic mass is 16.1. The predicted octanol–water partition coefficient (Wildman–Crippen LogP) is 1.70. The molecule has 24 heavy (non-hydrogen) atoms. The topological polar surface area (TPSA) is 84.1 Å². The van der Waals surface area contributed by atoms with Crippen LogP contribution in [0.5, 0.6) is 0 Å². The first kappa shape index (κ1) is 16.4. The molecule has 2 heterocycles. The number of anilines is 1. The van der Waals surface area contributed by atoms with Gasteiger partial charge in [0.15, 0.2) is 11.5 Å². The number of nitrogen functional groups attached to an aromatic ring is 1. The first-order valence-corrected chi connectivity index (χ1v) is 8.33. The maximum Gasteiger partial charge on any atom is 0.273 e. The molecule has 126 valence electrons. The second kappa shape index (κ2) is 7.88. The van der Waals surface area contributed by atoms with E-state index in [2.05, 4.69) is 44.5 Å². The highest BCUT2D eigenvalue weighted by Gasteiger charge is 2.21. The lowest BCUT2D eigenvalue weighted by Gasteiger charge is -2.32. The monoisotopic (exact) mass is 325 g/mol. The maximum absolute atomic E-state index is 12.2. The summed E-state index contributed by atoms with van der Waals surface area (Å²) < 4.78 is 0. The number of nitrogens with one attached hydrogen (secondary N) is 1. The van der Waals surface area contributed by atoms with E-state index in [1.165, 1.54) is 18.0 Å². The predicted molar refractivity (Wildman–Crippen MR) is 93.2 cm³/mol. The average molecular weight is 325 g/mol. The van der Waals surface area contributed by atoms with Crippen molar-refractivity contribution in [3.8, 4) is 0 Å². The molecular formula is C18H23N5O. The highest BCUT2D eigenvalue weighted by molar-refractivity contribution is 5.96. The van der Waals surface area contributed by atoms with Gasteiger partial charge >= 0.3 is 0 Å². The van der Waals surface area contributed by atoms with Gasteiger partial charge in [-0.1, -0.05) is 30.3 Å². The van der Waals surface area contributed by atoms with Gasteiger partial charge in [-0.3, -0.25) is 9.69 Å². The molecule has 0 radical (unpaired) electrons. The third-order valence-corrected chi connectivity index (χ3v) is 4.35. The van der Waals surface area contributed by atoms with Crippen LogP contribution < -0.4 is 11.1 Å². The van der Waals surface area contributed by atoms with E-state index in [-0.39, 0.29) is 17.4 Å². The van der Waals surface area contributed by atoms with Crippen molar-refractivity contribution in [2.45, 2.75) is 19.4 Å². The number of hydrogen-bond donors (Lipinski definition) is 2. The molecule has 0 saturated carbocycles. The van der Waals surface area contributed by atoms with Gasteiger partial charge in [0.2, 0.25) is 0 Å². The minimum absolute atomic E-state index is 0.171. The lowest BCUT2D eigenvalue weighted by Crippen LogP contribution is -2.40. The molecule has 6 heteroatoms. The summed E-state index contributed by atoms with van der Waals surface area (Å²) in [6.07, 6.45) is 5.24. The van der Waals surface area contributed by atoms with Crippen LogP contribution in [0.3, 0.4) is 0 Å². The minimum atomic E-state index is -0.249. The smallest absolute Gasteiger partial charge is 0.273 e. The Morgan fingerprint density at radius 2 is 2.04 bits per heavy atom. The molecule has 1 amide bonds. The third kappa shape index (κ3) is 4.29.